The van der Waals surface area contributed by atoms with E-state index in [1.165, 1.54) is 0 Å². The van der Waals surface area contributed by atoms with Gasteiger partial charge in [-0.25, -0.2) is 0 Å². The van der Waals surface area contributed by atoms with Crippen LogP contribution in [0.25, 0.3) is 0 Å². The van der Waals surface area contributed by atoms with Crippen LogP contribution in [0.4, 0.5) is 0 Å². The van der Waals surface area contributed by atoms with Crippen molar-refractivity contribution in [2.24, 2.45) is 10.1 Å². The molecule has 0 radical (unpaired) electrons. The average molecular weight is 251 g/mol. The van der Waals surface area contributed by atoms with Gasteiger partial charge in [0.2, 0.25) is 0 Å². The molecule has 2 N–H and O–H groups in total. The monoisotopic (exact) mass is 251 g/mol. The van der Waals surface area contributed by atoms with Crippen LogP contribution < -0.4 is 5.73 Å². The van der Waals surface area contributed by atoms with Crippen molar-refractivity contribution in [3.63, 3.8) is 0 Å². The fourth-order valence-corrected chi connectivity index (χ4v) is 3.52. The minimum absolute atomic E-state index is 0.246. The molecule has 2 aliphatic heterocycles. The van der Waals surface area contributed by atoms with Crippen molar-refractivity contribution in [3.05, 3.63) is 29.8 Å². The summed E-state index contributed by atoms with van der Waals surface area (Å²) in [5, 5.41) is 0. The van der Waals surface area contributed by atoms with Crippen LogP contribution in [0, 0.1) is 0 Å². The molecule has 90 valence electrons. The first-order valence-corrected chi connectivity index (χ1v) is 6.81. The summed E-state index contributed by atoms with van der Waals surface area (Å²) in [6.07, 6.45) is 0. The molecule has 5 nitrogen and oxygen atoms in total. The molecule has 1 aromatic carbocycles. The number of nitrogens with two attached hydrogens (primary N) is 1. The first kappa shape index (κ1) is 10.7. The van der Waals surface area contributed by atoms with Crippen molar-refractivity contribution >= 4 is 15.9 Å². The Balaban J connectivity index is 2.04. The van der Waals surface area contributed by atoms with Gasteiger partial charge in [-0.2, -0.15) is 8.42 Å². The van der Waals surface area contributed by atoms with Gasteiger partial charge < -0.3 is 10.6 Å². The number of fused-ring (bicyclic) bond motifs is 1. The van der Waals surface area contributed by atoms with Crippen molar-refractivity contribution in [2.45, 2.75) is 17.4 Å². The Labute approximate surface area is 100 Å². The summed E-state index contributed by atoms with van der Waals surface area (Å²) in [6, 6.07) is 6.89. The van der Waals surface area contributed by atoms with E-state index in [0.717, 1.165) is 0 Å². The summed E-state index contributed by atoms with van der Waals surface area (Å²) < 4.78 is 27.5. The van der Waals surface area contributed by atoms with E-state index in [1.807, 2.05) is 17.9 Å². The maximum absolute atomic E-state index is 11.8. The molecule has 1 fully saturated rings. The first-order valence-electron chi connectivity index (χ1n) is 5.37. The first-order chi connectivity index (χ1) is 7.89. The standard InChI is InChI=1S/C11H13N3O2S/c1-11(12)6-14(7-11)10-8-4-2-3-5-9(8)17(15,16)13-10/h2-5H,6-7,12H2,1H3. The highest BCUT2D eigenvalue weighted by Gasteiger charge is 2.41. The van der Waals surface area contributed by atoms with Crippen molar-refractivity contribution in [1.82, 2.24) is 4.90 Å². The number of hydrogen-bond acceptors (Lipinski definition) is 4. The van der Waals surface area contributed by atoms with Gasteiger partial charge in [-0.05, 0) is 19.1 Å². The molecular weight excluding hydrogens is 238 g/mol. The number of nitrogens with zero attached hydrogens (tertiary/aromatic N) is 2. The third-order valence-corrected chi connectivity index (χ3v) is 4.34. The lowest BCUT2D eigenvalue weighted by atomic mass is 9.93. The summed E-state index contributed by atoms with van der Waals surface area (Å²) in [4.78, 5) is 2.20. The van der Waals surface area contributed by atoms with Crippen LogP contribution in [0.1, 0.15) is 12.5 Å². The molecule has 0 unspecified atom stereocenters. The van der Waals surface area contributed by atoms with Crippen LogP contribution in [-0.2, 0) is 10.0 Å². The van der Waals surface area contributed by atoms with E-state index < -0.39 is 10.0 Å². The van der Waals surface area contributed by atoms with Crippen LogP contribution in [0.15, 0.2) is 33.6 Å². The van der Waals surface area contributed by atoms with Crippen LogP contribution in [0.5, 0.6) is 0 Å². The second kappa shape index (κ2) is 3.08. The van der Waals surface area contributed by atoms with Gasteiger partial charge in [-0.1, -0.05) is 12.1 Å². The Kier molecular flexibility index (Phi) is 1.95. The smallest absolute Gasteiger partial charge is 0.285 e. The minimum Gasteiger partial charge on any atom is -0.352 e. The maximum Gasteiger partial charge on any atom is 0.285 e. The van der Waals surface area contributed by atoms with E-state index in [4.69, 9.17) is 5.73 Å². The van der Waals surface area contributed by atoms with Crippen molar-refractivity contribution in [2.75, 3.05) is 13.1 Å². The molecule has 0 bridgehead atoms. The molecule has 2 heterocycles. The molecule has 1 saturated heterocycles. The summed E-state index contributed by atoms with van der Waals surface area (Å²) in [7, 11) is -3.51. The van der Waals surface area contributed by atoms with E-state index >= 15 is 0 Å². The summed E-state index contributed by atoms with van der Waals surface area (Å²) >= 11 is 0. The number of amidine groups is 1. The molecule has 0 saturated carbocycles. The molecule has 17 heavy (non-hydrogen) atoms. The van der Waals surface area contributed by atoms with Crippen LogP contribution in [0.2, 0.25) is 0 Å². The predicted molar refractivity (Wildman–Crippen MR) is 64.3 cm³/mol. The van der Waals surface area contributed by atoms with Gasteiger partial charge in [0.05, 0.1) is 0 Å². The lowest BCUT2D eigenvalue weighted by Gasteiger charge is -2.46. The Morgan fingerprint density at radius 1 is 1.35 bits per heavy atom. The zero-order valence-corrected chi connectivity index (χ0v) is 10.2. The van der Waals surface area contributed by atoms with Gasteiger partial charge in [-0.3, -0.25) is 0 Å². The molecule has 1 aromatic rings. The summed E-state index contributed by atoms with van der Waals surface area (Å²) in [5.74, 6) is 0.531. The molecule has 0 aromatic heterocycles. The van der Waals surface area contributed by atoms with Crippen molar-refractivity contribution in [1.29, 1.82) is 0 Å². The zero-order valence-electron chi connectivity index (χ0n) is 9.42. The number of benzene rings is 1. The molecule has 0 spiro atoms. The molecule has 3 rings (SSSR count). The van der Waals surface area contributed by atoms with Crippen molar-refractivity contribution < 1.29 is 8.42 Å². The van der Waals surface area contributed by atoms with E-state index in [9.17, 15) is 8.42 Å². The Hall–Kier alpha value is -1.40. The zero-order chi connectivity index (χ0) is 12.3. The van der Waals surface area contributed by atoms with Gasteiger partial charge >= 0.3 is 0 Å². The molecule has 0 aliphatic carbocycles. The van der Waals surface area contributed by atoms with E-state index in [2.05, 4.69) is 4.40 Å². The Morgan fingerprint density at radius 3 is 2.65 bits per heavy atom. The highest BCUT2D eigenvalue weighted by molar-refractivity contribution is 7.90. The van der Waals surface area contributed by atoms with Crippen LogP contribution in [0.3, 0.4) is 0 Å². The van der Waals surface area contributed by atoms with Crippen LogP contribution >= 0.6 is 0 Å². The topological polar surface area (TPSA) is 75.8 Å². The highest BCUT2D eigenvalue weighted by Crippen LogP contribution is 2.30. The second-order valence-electron chi connectivity index (χ2n) is 4.90. The summed E-state index contributed by atoms with van der Waals surface area (Å²) in [6.45, 7) is 3.21. The van der Waals surface area contributed by atoms with Gasteiger partial charge in [0, 0.05) is 24.2 Å². The quantitative estimate of drug-likeness (QED) is 0.713. The number of hydrogen-bond donors (Lipinski definition) is 1. The van der Waals surface area contributed by atoms with E-state index in [-0.39, 0.29) is 5.54 Å². The van der Waals surface area contributed by atoms with Crippen molar-refractivity contribution in [3.8, 4) is 0 Å². The maximum atomic E-state index is 11.8. The van der Waals surface area contributed by atoms with Gasteiger partial charge in [0.25, 0.3) is 10.0 Å². The van der Waals surface area contributed by atoms with Crippen LogP contribution in [-0.4, -0.2) is 37.8 Å². The molecule has 0 amide bonds. The fourth-order valence-electron chi connectivity index (χ4n) is 2.29. The molecule has 6 heteroatoms. The third kappa shape index (κ3) is 1.56. The Bertz CT molecular complexity index is 611. The lowest BCUT2D eigenvalue weighted by Crippen LogP contribution is -2.66. The molecular formula is C11H13N3O2S. The van der Waals surface area contributed by atoms with Gasteiger partial charge in [0.15, 0.2) is 5.84 Å². The average Bonchev–Trinajstić information content (AvgIpc) is 2.48. The molecule has 0 atom stereocenters. The van der Waals surface area contributed by atoms with Gasteiger partial charge in [0.1, 0.15) is 4.90 Å². The van der Waals surface area contributed by atoms with Gasteiger partial charge in [-0.15, -0.1) is 4.40 Å². The lowest BCUT2D eigenvalue weighted by molar-refractivity contribution is 0.165. The summed E-state index contributed by atoms with van der Waals surface area (Å²) in [5.41, 5.74) is 6.36. The highest BCUT2D eigenvalue weighted by atomic mass is 32.2. The predicted octanol–water partition coefficient (Wildman–Crippen LogP) is 0.168. The molecule has 2 aliphatic rings. The minimum atomic E-state index is -3.51. The van der Waals surface area contributed by atoms with E-state index in [1.54, 1.807) is 18.2 Å². The number of sulfonamides is 1. The SMILES string of the molecule is CC1(N)CN(C2=NS(=O)(=O)c3ccccc32)C1. The third-order valence-electron chi connectivity index (χ3n) is 3.02. The number of likely N-dealkylation sites (tertiary alicyclic amines) is 1. The number of rotatable bonds is 0. The van der Waals surface area contributed by atoms with E-state index in [0.29, 0.717) is 29.4 Å². The Morgan fingerprint density at radius 2 is 2.00 bits per heavy atom. The second-order valence-corrected chi connectivity index (χ2v) is 6.47. The fraction of sp³-hybridized carbons (Fsp3) is 0.364. The normalized spacial score (nSPS) is 23.9. The largest absolute Gasteiger partial charge is 0.352 e.